The van der Waals surface area contributed by atoms with Gasteiger partial charge in [0.25, 0.3) is 5.91 Å². The summed E-state index contributed by atoms with van der Waals surface area (Å²) in [7, 11) is 0. The highest BCUT2D eigenvalue weighted by Gasteiger charge is 2.47. The van der Waals surface area contributed by atoms with Crippen LogP contribution in [0.15, 0.2) is 23.5 Å². The Morgan fingerprint density at radius 2 is 1.79 bits per heavy atom. The molecule has 2 rings (SSSR count). The number of primary amides is 1. The molecule has 0 aromatic heterocycles. The molecule has 0 aliphatic carbocycles. The van der Waals surface area contributed by atoms with Crippen LogP contribution in [0.1, 0.15) is 19.3 Å². The van der Waals surface area contributed by atoms with Gasteiger partial charge < -0.3 is 22.1 Å². The number of rotatable bonds is 1. The second-order valence-electron chi connectivity index (χ2n) is 4.60. The van der Waals surface area contributed by atoms with Crippen LogP contribution in [-0.2, 0) is 14.4 Å². The summed E-state index contributed by atoms with van der Waals surface area (Å²) in [6, 6.07) is -1.43. The lowest BCUT2D eigenvalue weighted by Gasteiger charge is -2.43. The molecule has 2 heterocycles. The first-order chi connectivity index (χ1) is 9.02. The van der Waals surface area contributed by atoms with Crippen molar-refractivity contribution in [3.05, 3.63) is 23.5 Å². The van der Waals surface area contributed by atoms with Gasteiger partial charge in [-0.15, -0.1) is 0 Å². The zero-order chi connectivity index (χ0) is 14.2. The molecule has 6 N–H and O–H groups in total. The second-order valence-corrected chi connectivity index (χ2v) is 4.60. The number of hydrogen-bond donors (Lipinski definition) is 3. The number of fused-ring (bicyclic) bond motifs is 1. The van der Waals surface area contributed by atoms with Crippen molar-refractivity contribution in [3.8, 4) is 0 Å². The minimum atomic E-state index is -0.760. The maximum absolute atomic E-state index is 12.3. The number of hydrogen-bond acceptors (Lipinski definition) is 5. The van der Waals surface area contributed by atoms with Gasteiger partial charge in [-0.05, 0) is 19.3 Å². The van der Waals surface area contributed by atoms with Crippen molar-refractivity contribution in [1.29, 1.82) is 0 Å². The van der Waals surface area contributed by atoms with Crippen LogP contribution in [0.2, 0.25) is 0 Å². The minimum Gasteiger partial charge on any atom is -0.404 e. The van der Waals surface area contributed by atoms with Gasteiger partial charge in [0, 0.05) is 18.0 Å². The monoisotopic (exact) mass is 264 g/mol. The minimum absolute atomic E-state index is 0.0249. The predicted octanol–water partition coefficient (Wildman–Crippen LogP) is -1.51. The van der Waals surface area contributed by atoms with E-state index in [0.29, 0.717) is 19.3 Å². The molecular weight excluding hydrogens is 248 g/mol. The molecule has 2 unspecified atom stereocenters. The normalized spacial score (nSPS) is 31.7. The van der Waals surface area contributed by atoms with E-state index in [4.69, 9.17) is 17.2 Å². The highest BCUT2D eigenvalue weighted by Crippen LogP contribution is 2.33. The van der Waals surface area contributed by atoms with Crippen molar-refractivity contribution >= 4 is 17.6 Å². The zero-order valence-corrected chi connectivity index (χ0v) is 10.3. The molecule has 2 amide bonds. The van der Waals surface area contributed by atoms with E-state index in [1.165, 1.54) is 4.90 Å². The topological polar surface area (TPSA) is 133 Å². The molecule has 2 saturated heterocycles. The van der Waals surface area contributed by atoms with Crippen molar-refractivity contribution in [3.63, 3.8) is 0 Å². The van der Waals surface area contributed by atoms with Gasteiger partial charge in [0.1, 0.15) is 6.04 Å². The third kappa shape index (κ3) is 1.87. The molecule has 19 heavy (non-hydrogen) atoms. The van der Waals surface area contributed by atoms with Crippen LogP contribution in [0.5, 0.6) is 0 Å². The van der Waals surface area contributed by atoms with E-state index in [9.17, 15) is 14.4 Å². The summed E-state index contributed by atoms with van der Waals surface area (Å²) < 4.78 is 0. The average Bonchev–Trinajstić information content (AvgIpc) is 2.41. The Kier molecular flexibility index (Phi) is 3.28. The van der Waals surface area contributed by atoms with Crippen LogP contribution in [0.4, 0.5) is 0 Å². The fourth-order valence-corrected chi connectivity index (χ4v) is 2.72. The summed E-state index contributed by atoms with van der Waals surface area (Å²) in [6.45, 7) is 0. The summed E-state index contributed by atoms with van der Waals surface area (Å²) in [5.74, 6) is -1.36. The van der Waals surface area contributed by atoms with Crippen LogP contribution >= 0.6 is 0 Å². The van der Waals surface area contributed by atoms with Gasteiger partial charge in [-0.3, -0.25) is 14.4 Å². The predicted molar refractivity (Wildman–Crippen MR) is 67.0 cm³/mol. The first-order valence-corrected chi connectivity index (χ1v) is 6.03. The fourth-order valence-electron chi connectivity index (χ4n) is 2.72. The summed E-state index contributed by atoms with van der Waals surface area (Å²) >= 11 is 0. The number of nitrogens with two attached hydrogens (primary N) is 3. The molecule has 0 saturated carbocycles. The van der Waals surface area contributed by atoms with E-state index < -0.39 is 23.9 Å². The smallest absolute Gasteiger partial charge is 0.257 e. The Bertz CT molecular complexity index is 509. The number of carbonyl (C=O) groups is 3. The molecular formula is C12H16N4O3. The Hall–Kier alpha value is -2.31. The lowest BCUT2D eigenvalue weighted by atomic mass is 9.83. The van der Waals surface area contributed by atoms with Crippen molar-refractivity contribution in [2.75, 3.05) is 0 Å². The highest BCUT2D eigenvalue weighted by atomic mass is 16.2. The lowest BCUT2D eigenvalue weighted by Crippen LogP contribution is -2.61. The molecule has 0 aromatic carbocycles. The van der Waals surface area contributed by atoms with Crippen LogP contribution in [0, 0.1) is 0 Å². The molecule has 0 bridgehead atoms. The molecule has 2 fully saturated rings. The number of ketones is 1. The Labute approximate surface area is 110 Å². The van der Waals surface area contributed by atoms with Crippen LogP contribution in [-0.4, -0.2) is 34.6 Å². The molecule has 7 heteroatoms. The van der Waals surface area contributed by atoms with Crippen molar-refractivity contribution in [1.82, 2.24) is 4.90 Å². The Balaban J connectivity index is 2.49. The van der Waals surface area contributed by atoms with Crippen molar-refractivity contribution in [2.45, 2.75) is 31.3 Å². The highest BCUT2D eigenvalue weighted by molar-refractivity contribution is 6.19. The molecule has 2 atom stereocenters. The second kappa shape index (κ2) is 4.75. The van der Waals surface area contributed by atoms with Gasteiger partial charge in [0.05, 0.1) is 11.6 Å². The largest absolute Gasteiger partial charge is 0.404 e. The van der Waals surface area contributed by atoms with E-state index in [1.807, 2.05) is 0 Å². The number of carbonyl (C=O) groups excluding carboxylic acids is 3. The van der Waals surface area contributed by atoms with Gasteiger partial charge in [0.2, 0.25) is 5.91 Å². The molecule has 2 aliphatic heterocycles. The van der Waals surface area contributed by atoms with E-state index in [1.54, 1.807) is 0 Å². The van der Waals surface area contributed by atoms with Gasteiger partial charge in [-0.2, -0.15) is 0 Å². The number of amides is 2. The van der Waals surface area contributed by atoms with Gasteiger partial charge in [-0.25, -0.2) is 0 Å². The fraction of sp³-hybridized carbons (Fsp3) is 0.417. The summed E-state index contributed by atoms with van der Waals surface area (Å²) in [6.07, 6.45) is 3.76. The maximum atomic E-state index is 12.3. The van der Waals surface area contributed by atoms with Crippen molar-refractivity contribution in [2.24, 2.45) is 17.2 Å². The molecule has 0 spiro atoms. The first kappa shape index (κ1) is 13.1. The molecule has 0 aromatic rings. The Morgan fingerprint density at radius 1 is 1.16 bits per heavy atom. The first-order valence-electron chi connectivity index (χ1n) is 6.03. The third-order valence-electron chi connectivity index (χ3n) is 3.61. The quantitative estimate of drug-likeness (QED) is 0.495. The molecule has 102 valence electrons. The summed E-state index contributed by atoms with van der Waals surface area (Å²) in [5, 5.41) is 0. The Morgan fingerprint density at radius 3 is 2.32 bits per heavy atom. The van der Waals surface area contributed by atoms with Crippen molar-refractivity contribution < 1.29 is 14.4 Å². The SMILES string of the molecule is N/C=C1/C(=O)C2CCCC(C(N)=O)N2C(=O)/C1=C/N. The van der Waals surface area contributed by atoms with E-state index in [2.05, 4.69) is 0 Å². The van der Waals surface area contributed by atoms with Crippen LogP contribution < -0.4 is 17.2 Å². The maximum Gasteiger partial charge on any atom is 0.257 e. The number of nitrogens with zero attached hydrogens (tertiary/aromatic N) is 1. The summed E-state index contributed by atoms with van der Waals surface area (Å²) in [5.41, 5.74) is 16.2. The number of piperidine rings is 2. The van der Waals surface area contributed by atoms with E-state index >= 15 is 0 Å². The van der Waals surface area contributed by atoms with Crippen LogP contribution in [0.3, 0.4) is 0 Å². The molecule has 2 aliphatic rings. The van der Waals surface area contributed by atoms with Gasteiger partial charge >= 0.3 is 0 Å². The van der Waals surface area contributed by atoms with Crippen LogP contribution in [0.25, 0.3) is 0 Å². The molecule has 7 nitrogen and oxygen atoms in total. The van der Waals surface area contributed by atoms with E-state index in [-0.39, 0.29) is 16.9 Å². The lowest BCUT2D eigenvalue weighted by molar-refractivity contribution is -0.147. The zero-order valence-electron chi connectivity index (χ0n) is 10.3. The average molecular weight is 264 g/mol. The van der Waals surface area contributed by atoms with Gasteiger partial charge in [-0.1, -0.05) is 0 Å². The van der Waals surface area contributed by atoms with Gasteiger partial charge in [0.15, 0.2) is 5.78 Å². The number of Topliss-reactive ketones (excluding diaryl/α,β-unsaturated/α-hetero) is 1. The standard InChI is InChI=1S/C12H16N4O3/c13-4-6-7(5-14)12(19)16-8(10(6)17)2-1-3-9(16)11(15)18/h4-5,8-9H,1-3,13-14H2,(H2,15,18)/b6-4+,7-5+. The molecule has 0 radical (unpaired) electrons. The third-order valence-corrected chi connectivity index (χ3v) is 3.61. The summed E-state index contributed by atoms with van der Waals surface area (Å²) in [4.78, 5) is 37.3. The van der Waals surface area contributed by atoms with E-state index in [0.717, 1.165) is 12.4 Å².